The third-order valence-corrected chi connectivity index (χ3v) is 3.79. The van der Waals surface area contributed by atoms with Crippen LogP contribution in [0.4, 0.5) is 4.39 Å². The minimum absolute atomic E-state index is 0.199. The van der Waals surface area contributed by atoms with Crippen LogP contribution in [0.3, 0.4) is 0 Å². The van der Waals surface area contributed by atoms with Gasteiger partial charge in [0.15, 0.2) is 5.96 Å². The number of hydrogen-bond donors (Lipinski definition) is 2. The number of guanidine groups is 1. The number of benzene rings is 1. The Labute approximate surface area is 131 Å². The molecule has 0 saturated carbocycles. The van der Waals surface area contributed by atoms with Crippen molar-refractivity contribution in [2.24, 2.45) is 4.99 Å². The highest BCUT2D eigenvalue weighted by Gasteiger charge is 2.20. The molecule has 0 saturated heterocycles. The molecule has 2 N–H and O–H groups in total. The summed E-state index contributed by atoms with van der Waals surface area (Å²) in [6.07, 6.45) is 2.08. The summed E-state index contributed by atoms with van der Waals surface area (Å²) in [7, 11) is 0. The SMILES string of the molecule is CCNC(=NCC(C)(C)c1cccc(F)c1)NCCSC. The molecule has 1 aromatic carbocycles. The number of thioether (sulfide) groups is 1. The van der Waals surface area contributed by atoms with Crippen LogP contribution in [-0.2, 0) is 5.41 Å². The van der Waals surface area contributed by atoms with Crippen LogP contribution in [-0.4, -0.2) is 37.6 Å². The number of nitrogens with zero attached hydrogens (tertiary/aromatic N) is 1. The molecule has 0 aliphatic rings. The quantitative estimate of drug-likeness (QED) is 0.462. The number of aliphatic imine (C=N–C) groups is 1. The summed E-state index contributed by atoms with van der Waals surface area (Å²) in [5.74, 6) is 1.66. The Bertz CT molecular complexity index is 461. The molecule has 0 aromatic heterocycles. The fraction of sp³-hybridized carbons (Fsp3) is 0.562. The lowest BCUT2D eigenvalue weighted by molar-refractivity contribution is 0.529. The molecule has 21 heavy (non-hydrogen) atoms. The van der Waals surface area contributed by atoms with Crippen molar-refractivity contribution in [2.45, 2.75) is 26.2 Å². The van der Waals surface area contributed by atoms with Crippen LogP contribution in [0, 0.1) is 5.82 Å². The average molecular weight is 311 g/mol. The van der Waals surface area contributed by atoms with Gasteiger partial charge in [0.1, 0.15) is 5.82 Å². The number of halogens is 1. The molecule has 0 amide bonds. The monoisotopic (exact) mass is 311 g/mol. The molecule has 5 heteroatoms. The Kier molecular flexibility index (Phi) is 7.57. The first-order valence-electron chi connectivity index (χ1n) is 7.26. The van der Waals surface area contributed by atoms with Crippen LogP contribution in [0.25, 0.3) is 0 Å². The highest BCUT2D eigenvalue weighted by molar-refractivity contribution is 7.98. The molecule has 0 aliphatic carbocycles. The van der Waals surface area contributed by atoms with E-state index in [9.17, 15) is 4.39 Å². The van der Waals surface area contributed by atoms with Crippen LogP contribution < -0.4 is 10.6 Å². The minimum atomic E-state index is -0.204. The summed E-state index contributed by atoms with van der Waals surface area (Å²) in [6, 6.07) is 6.76. The molecule has 0 heterocycles. The molecule has 1 aromatic rings. The van der Waals surface area contributed by atoms with E-state index < -0.39 is 0 Å². The zero-order chi connectivity index (χ0) is 15.7. The summed E-state index contributed by atoms with van der Waals surface area (Å²) < 4.78 is 13.4. The van der Waals surface area contributed by atoms with Crippen molar-refractivity contribution in [3.63, 3.8) is 0 Å². The van der Waals surface area contributed by atoms with E-state index >= 15 is 0 Å². The molecule has 1 rings (SSSR count). The van der Waals surface area contributed by atoms with Crippen LogP contribution >= 0.6 is 11.8 Å². The second-order valence-electron chi connectivity index (χ2n) is 5.51. The predicted octanol–water partition coefficient (Wildman–Crippen LogP) is 3.02. The van der Waals surface area contributed by atoms with Gasteiger partial charge in [0.25, 0.3) is 0 Å². The zero-order valence-corrected chi connectivity index (χ0v) is 14.2. The fourth-order valence-corrected chi connectivity index (χ4v) is 2.20. The Balaban J connectivity index is 2.72. The van der Waals surface area contributed by atoms with Crippen LogP contribution in [0.2, 0.25) is 0 Å². The Morgan fingerprint density at radius 3 is 2.71 bits per heavy atom. The smallest absolute Gasteiger partial charge is 0.191 e. The summed E-state index contributed by atoms with van der Waals surface area (Å²) in [6.45, 7) is 8.51. The number of nitrogens with one attached hydrogen (secondary N) is 2. The van der Waals surface area contributed by atoms with Crippen molar-refractivity contribution in [3.8, 4) is 0 Å². The highest BCUT2D eigenvalue weighted by atomic mass is 32.2. The van der Waals surface area contributed by atoms with E-state index in [-0.39, 0.29) is 11.2 Å². The maximum atomic E-state index is 13.4. The standard InChI is InChI=1S/C16H26FN3S/c1-5-18-15(19-9-10-21-4)20-12-16(2,3)13-7-6-8-14(17)11-13/h6-8,11H,5,9-10,12H2,1-4H3,(H2,18,19,20). The molecular weight excluding hydrogens is 285 g/mol. The van der Waals surface area contributed by atoms with Gasteiger partial charge in [-0.3, -0.25) is 4.99 Å². The van der Waals surface area contributed by atoms with Crippen LogP contribution in [0.5, 0.6) is 0 Å². The number of hydrogen-bond acceptors (Lipinski definition) is 2. The maximum absolute atomic E-state index is 13.4. The second-order valence-corrected chi connectivity index (χ2v) is 6.49. The van der Waals surface area contributed by atoms with Gasteiger partial charge >= 0.3 is 0 Å². The van der Waals surface area contributed by atoms with E-state index in [1.54, 1.807) is 23.9 Å². The fourth-order valence-electron chi connectivity index (χ4n) is 1.89. The molecule has 118 valence electrons. The van der Waals surface area contributed by atoms with Gasteiger partial charge < -0.3 is 10.6 Å². The lowest BCUT2D eigenvalue weighted by Crippen LogP contribution is -2.39. The minimum Gasteiger partial charge on any atom is -0.357 e. The molecule has 0 aliphatic heterocycles. The lowest BCUT2D eigenvalue weighted by Gasteiger charge is -2.24. The van der Waals surface area contributed by atoms with E-state index in [4.69, 9.17) is 0 Å². The van der Waals surface area contributed by atoms with Gasteiger partial charge in [0.05, 0.1) is 6.54 Å². The average Bonchev–Trinajstić information content (AvgIpc) is 2.45. The zero-order valence-electron chi connectivity index (χ0n) is 13.4. The summed E-state index contributed by atoms with van der Waals surface area (Å²) in [5.41, 5.74) is 0.760. The summed E-state index contributed by atoms with van der Waals surface area (Å²) >= 11 is 1.80. The largest absolute Gasteiger partial charge is 0.357 e. The summed E-state index contributed by atoms with van der Waals surface area (Å²) in [4.78, 5) is 4.63. The third-order valence-electron chi connectivity index (χ3n) is 3.18. The van der Waals surface area contributed by atoms with Gasteiger partial charge in [-0.25, -0.2) is 4.39 Å². The molecule has 0 spiro atoms. The first kappa shape index (κ1) is 17.8. The lowest BCUT2D eigenvalue weighted by atomic mass is 9.85. The van der Waals surface area contributed by atoms with E-state index in [0.29, 0.717) is 6.54 Å². The molecule has 0 unspecified atom stereocenters. The molecule has 0 bridgehead atoms. The van der Waals surface area contributed by atoms with Crippen molar-refractivity contribution in [1.29, 1.82) is 0 Å². The molecule has 3 nitrogen and oxygen atoms in total. The van der Waals surface area contributed by atoms with E-state index in [2.05, 4.69) is 35.7 Å². The van der Waals surface area contributed by atoms with Gasteiger partial charge in [-0.15, -0.1) is 0 Å². The summed E-state index contributed by atoms with van der Waals surface area (Å²) in [5, 5.41) is 6.53. The van der Waals surface area contributed by atoms with Crippen LogP contribution in [0.1, 0.15) is 26.3 Å². The van der Waals surface area contributed by atoms with E-state index in [1.165, 1.54) is 6.07 Å². The van der Waals surface area contributed by atoms with Gasteiger partial charge in [0, 0.05) is 24.3 Å². The van der Waals surface area contributed by atoms with Gasteiger partial charge in [-0.1, -0.05) is 26.0 Å². The maximum Gasteiger partial charge on any atom is 0.191 e. The molecular formula is C16H26FN3S. The van der Waals surface area contributed by atoms with E-state index in [1.807, 2.05) is 13.0 Å². The topological polar surface area (TPSA) is 36.4 Å². The van der Waals surface area contributed by atoms with Crippen molar-refractivity contribution >= 4 is 17.7 Å². The first-order chi connectivity index (χ1) is 9.99. The predicted molar refractivity (Wildman–Crippen MR) is 91.8 cm³/mol. The number of rotatable bonds is 7. The first-order valence-corrected chi connectivity index (χ1v) is 8.66. The van der Waals surface area contributed by atoms with Crippen molar-refractivity contribution in [3.05, 3.63) is 35.6 Å². The van der Waals surface area contributed by atoms with Gasteiger partial charge in [-0.2, -0.15) is 11.8 Å². The Morgan fingerprint density at radius 2 is 2.10 bits per heavy atom. The van der Waals surface area contributed by atoms with Gasteiger partial charge in [0.2, 0.25) is 0 Å². The van der Waals surface area contributed by atoms with Crippen molar-refractivity contribution < 1.29 is 4.39 Å². The molecule has 0 radical (unpaired) electrons. The van der Waals surface area contributed by atoms with Crippen molar-refractivity contribution in [2.75, 3.05) is 31.6 Å². The molecule has 0 atom stereocenters. The van der Waals surface area contributed by atoms with Crippen molar-refractivity contribution in [1.82, 2.24) is 10.6 Å². The Hall–Kier alpha value is -1.23. The highest BCUT2D eigenvalue weighted by Crippen LogP contribution is 2.24. The Morgan fingerprint density at radius 1 is 1.33 bits per heavy atom. The normalized spacial score (nSPS) is 12.3. The van der Waals surface area contributed by atoms with E-state index in [0.717, 1.165) is 30.4 Å². The van der Waals surface area contributed by atoms with Crippen LogP contribution in [0.15, 0.2) is 29.3 Å². The second kappa shape index (κ2) is 8.93. The third kappa shape index (κ3) is 6.38. The molecule has 0 fully saturated rings. The van der Waals surface area contributed by atoms with Gasteiger partial charge in [-0.05, 0) is 30.9 Å².